The number of anilines is 1. The van der Waals surface area contributed by atoms with E-state index in [-0.39, 0.29) is 17.4 Å². The van der Waals surface area contributed by atoms with Gasteiger partial charge in [0.25, 0.3) is 0 Å². The van der Waals surface area contributed by atoms with Gasteiger partial charge in [0.05, 0.1) is 21.7 Å². The number of nitrogens with one attached hydrogen (secondary N) is 1. The van der Waals surface area contributed by atoms with E-state index in [0.717, 1.165) is 10.2 Å². The smallest absolute Gasteiger partial charge is 0.307 e. The fourth-order valence-electron chi connectivity index (χ4n) is 3.17. The summed E-state index contributed by atoms with van der Waals surface area (Å²) in [6.45, 7) is -0.0326. The first kappa shape index (κ1) is 22.2. The molecular formula is C19H15BrCl2F3N5O. The van der Waals surface area contributed by atoms with E-state index in [1.165, 1.54) is 0 Å². The molecule has 0 bridgehead atoms. The second-order valence-corrected chi connectivity index (χ2v) is 8.78. The Labute approximate surface area is 193 Å². The summed E-state index contributed by atoms with van der Waals surface area (Å²) in [6, 6.07) is 7.29. The van der Waals surface area contributed by atoms with Gasteiger partial charge in [-0.2, -0.15) is 23.4 Å². The maximum Gasteiger partial charge on any atom is 0.436 e. The van der Waals surface area contributed by atoms with Crippen LogP contribution < -0.4 is 5.32 Å². The van der Waals surface area contributed by atoms with E-state index in [4.69, 9.17) is 23.2 Å². The van der Waals surface area contributed by atoms with Gasteiger partial charge in [-0.3, -0.25) is 14.2 Å². The summed E-state index contributed by atoms with van der Waals surface area (Å²) in [5.74, 6) is -0.455. The molecule has 1 amide bonds. The van der Waals surface area contributed by atoms with E-state index in [9.17, 15) is 18.0 Å². The molecule has 3 aromatic rings. The summed E-state index contributed by atoms with van der Waals surface area (Å²) in [7, 11) is 0. The molecule has 1 aliphatic carbocycles. The average Bonchev–Trinajstić information content (AvgIpc) is 3.37. The SMILES string of the molecule is O=C(Cn1nc(C(F)(F)F)c(Cl)c1C1CC1)Nc1nn(Cc2ccccc2Cl)cc1Br. The maximum absolute atomic E-state index is 13.2. The van der Waals surface area contributed by atoms with Crippen molar-refractivity contribution >= 4 is 50.9 Å². The van der Waals surface area contributed by atoms with Gasteiger partial charge in [0, 0.05) is 17.1 Å². The molecule has 2 aromatic heterocycles. The Hall–Kier alpha value is -2.04. The van der Waals surface area contributed by atoms with Crippen LogP contribution in [0.5, 0.6) is 0 Å². The van der Waals surface area contributed by atoms with Gasteiger partial charge in [0.15, 0.2) is 11.5 Å². The number of benzene rings is 1. The van der Waals surface area contributed by atoms with Gasteiger partial charge in [-0.05, 0) is 40.4 Å². The highest BCUT2D eigenvalue weighted by molar-refractivity contribution is 9.10. The molecule has 6 nitrogen and oxygen atoms in total. The Morgan fingerprint density at radius 3 is 2.58 bits per heavy atom. The van der Waals surface area contributed by atoms with Crippen LogP contribution in [0.2, 0.25) is 10.0 Å². The third-order valence-corrected chi connectivity index (χ3v) is 6.04. The molecule has 4 rings (SSSR count). The minimum atomic E-state index is -4.69. The molecule has 1 fully saturated rings. The molecule has 0 radical (unpaired) electrons. The van der Waals surface area contributed by atoms with Gasteiger partial charge in [-0.25, -0.2) is 0 Å². The zero-order chi connectivity index (χ0) is 22.3. The van der Waals surface area contributed by atoms with Crippen molar-refractivity contribution in [1.29, 1.82) is 0 Å². The van der Waals surface area contributed by atoms with E-state index in [0.29, 0.717) is 28.9 Å². The molecule has 164 valence electrons. The van der Waals surface area contributed by atoms with Crippen LogP contribution in [0.1, 0.15) is 35.7 Å². The van der Waals surface area contributed by atoms with E-state index >= 15 is 0 Å². The van der Waals surface area contributed by atoms with Crippen LogP contribution >= 0.6 is 39.1 Å². The zero-order valence-corrected chi connectivity index (χ0v) is 18.9. The summed E-state index contributed by atoms with van der Waals surface area (Å²) >= 11 is 15.4. The highest BCUT2D eigenvalue weighted by Crippen LogP contribution is 2.46. The lowest BCUT2D eigenvalue weighted by Gasteiger charge is -2.07. The number of rotatable bonds is 6. The van der Waals surface area contributed by atoms with E-state index in [1.807, 2.05) is 18.2 Å². The Bertz CT molecular complexity index is 1140. The van der Waals surface area contributed by atoms with Gasteiger partial charge < -0.3 is 5.32 Å². The van der Waals surface area contributed by atoms with Crippen molar-refractivity contribution < 1.29 is 18.0 Å². The van der Waals surface area contributed by atoms with E-state index in [2.05, 4.69) is 31.4 Å². The summed E-state index contributed by atoms with van der Waals surface area (Å²) in [6.07, 6.45) is -1.60. The van der Waals surface area contributed by atoms with Crippen LogP contribution in [0.3, 0.4) is 0 Å². The second-order valence-electron chi connectivity index (χ2n) is 7.14. The van der Waals surface area contributed by atoms with Gasteiger partial charge >= 0.3 is 6.18 Å². The zero-order valence-electron chi connectivity index (χ0n) is 15.8. The highest BCUT2D eigenvalue weighted by atomic mass is 79.9. The van der Waals surface area contributed by atoms with Crippen LogP contribution in [0.4, 0.5) is 19.0 Å². The maximum atomic E-state index is 13.2. The number of carbonyl (C=O) groups is 1. The Balaban J connectivity index is 1.50. The molecule has 1 aliphatic rings. The molecule has 31 heavy (non-hydrogen) atoms. The minimum absolute atomic E-state index is 0.120. The number of nitrogens with zero attached hydrogens (tertiary/aromatic N) is 4. The van der Waals surface area contributed by atoms with Crippen molar-refractivity contribution in [2.24, 2.45) is 0 Å². The number of hydrogen-bond donors (Lipinski definition) is 1. The number of hydrogen-bond acceptors (Lipinski definition) is 3. The molecule has 0 aliphatic heterocycles. The first-order chi connectivity index (χ1) is 14.6. The average molecular weight is 537 g/mol. The third-order valence-electron chi connectivity index (χ3n) is 4.72. The monoisotopic (exact) mass is 535 g/mol. The molecule has 0 atom stereocenters. The lowest BCUT2D eigenvalue weighted by molar-refractivity contribution is -0.141. The van der Waals surface area contributed by atoms with Crippen LogP contribution in [0, 0.1) is 0 Å². The van der Waals surface area contributed by atoms with Crippen LogP contribution in [-0.2, 0) is 24.1 Å². The van der Waals surface area contributed by atoms with Crippen molar-refractivity contribution in [1.82, 2.24) is 19.6 Å². The van der Waals surface area contributed by atoms with Gasteiger partial charge in [0.1, 0.15) is 6.54 Å². The first-order valence-corrected chi connectivity index (χ1v) is 10.8. The summed E-state index contributed by atoms with van der Waals surface area (Å²) in [5, 5.41) is 10.6. The Kier molecular flexibility index (Phi) is 6.06. The normalized spacial score (nSPS) is 14.1. The lowest BCUT2D eigenvalue weighted by Crippen LogP contribution is -2.22. The van der Waals surface area contributed by atoms with E-state index < -0.39 is 29.3 Å². The number of alkyl halides is 3. The molecule has 1 aromatic carbocycles. The molecule has 12 heteroatoms. The topological polar surface area (TPSA) is 64.7 Å². The molecule has 0 saturated heterocycles. The van der Waals surface area contributed by atoms with E-state index in [1.54, 1.807) is 16.9 Å². The van der Waals surface area contributed by atoms with Gasteiger partial charge in [-0.15, -0.1) is 0 Å². The summed E-state index contributed by atoms with van der Waals surface area (Å²) in [5.41, 5.74) is -0.0847. The summed E-state index contributed by atoms with van der Waals surface area (Å²) < 4.78 is 42.7. The fraction of sp³-hybridized carbons (Fsp3) is 0.316. The molecule has 0 unspecified atom stereocenters. The quantitative estimate of drug-likeness (QED) is 0.437. The molecular weight excluding hydrogens is 522 g/mol. The first-order valence-electron chi connectivity index (χ1n) is 9.23. The second kappa shape index (κ2) is 8.48. The fourth-order valence-corrected chi connectivity index (χ4v) is 4.18. The lowest BCUT2D eigenvalue weighted by atomic mass is 10.2. The van der Waals surface area contributed by atoms with Crippen molar-refractivity contribution in [3.63, 3.8) is 0 Å². The van der Waals surface area contributed by atoms with Crippen LogP contribution in [-0.4, -0.2) is 25.5 Å². The standard InChI is InChI=1S/C19H15BrCl2F3N5O/c20-12-8-29(7-11-3-1-2-4-13(11)21)28-18(12)26-14(31)9-30-16(10-5-6-10)15(22)17(27-30)19(23,24)25/h1-4,8,10H,5-7,9H2,(H,26,28,31). The molecule has 0 spiro atoms. The molecule has 2 heterocycles. The van der Waals surface area contributed by atoms with Crippen LogP contribution in [0.15, 0.2) is 34.9 Å². The molecule has 1 N–H and O–H groups in total. The van der Waals surface area contributed by atoms with Crippen molar-refractivity contribution in [3.8, 4) is 0 Å². The predicted octanol–water partition coefficient (Wildman–Crippen LogP) is 5.73. The highest BCUT2D eigenvalue weighted by Gasteiger charge is 2.42. The van der Waals surface area contributed by atoms with Crippen molar-refractivity contribution in [3.05, 3.63) is 61.9 Å². The number of halogens is 6. The number of amides is 1. The molecule has 1 saturated carbocycles. The van der Waals surface area contributed by atoms with Crippen molar-refractivity contribution in [2.45, 2.75) is 38.0 Å². The number of carbonyl (C=O) groups excluding carboxylic acids is 1. The number of aromatic nitrogens is 4. The largest absolute Gasteiger partial charge is 0.436 e. The Morgan fingerprint density at radius 1 is 1.23 bits per heavy atom. The van der Waals surface area contributed by atoms with Crippen molar-refractivity contribution in [2.75, 3.05) is 5.32 Å². The van der Waals surface area contributed by atoms with Gasteiger partial charge in [0.2, 0.25) is 5.91 Å². The van der Waals surface area contributed by atoms with Crippen LogP contribution in [0.25, 0.3) is 0 Å². The summed E-state index contributed by atoms with van der Waals surface area (Å²) in [4.78, 5) is 12.5. The minimum Gasteiger partial charge on any atom is -0.307 e. The Morgan fingerprint density at radius 2 is 1.94 bits per heavy atom. The third kappa shape index (κ3) is 4.91. The predicted molar refractivity (Wildman–Crippen MR) is 113 cm³/mol. The van der Waals surface area contributed by atoms with Gasteiger partial charge in [-0.1, -0.05) is 41.4 Å².